The highest BCUT2D eigenvalue weighted by atomic mass is 19.1. The molecule has 3 rings (SSSR count). The summed E-state index contributed by atoms with van der Waals surface area (Å²) in [6, 6.07) is 22.3. The summed E-state index contributed by atoms with van der Waals surface area (Å²) in [5.41, 5.74) is 2.38. The number of hydrogen-bond donors (Lipinski definition) is 0. The van der Waals surface area contributed by atoms with Gasteiger partial charge in [0.05, 0.1) is 22.6 Å². The molecule has 0 aliphatic rings. The Balaban J connectivity index is 2.16. The average molecular weight is 279 g/mol. The van der Waals surface area contributed by atoms with Crippen LogP contribution in [0, 0.1) is 17.6 Å². The Labute approximate surface area is 122 Å². The van der Waals surface area contributed by atoms with E-state index in [9.17, 15) is 8.78 Å². The lowest BCUT2D eigenvalue weighted by Crippen LogP contribution is -2.05. The van der Waals surface area contributed by atoms with E-state index >= 15 is 0 Å². The lowest BCUT2D eigenvalue weighted by atomic mass is 9.85. The van der Waals surface area contributed by atoms with Gasteiger partial charge in [0.25, 0.3) is 0 Å². The van der Waals surface area contributed by atoms with Gasteiger partial charge in [0.1, 0.15) is 11.6 Å². The van der Waals surface area contributed by atoms with Gasteiger partial charge in [-0.15, -0.1) is 0 Å². The van der Waals surface area contributed by atoms with Crippen LogP contribution >= 0.6 is 0 Å². The predicted octanol–water partition coefficient (Wildman–Crippen LogP) is 4.98. The first-order valence-corrected chi connectivity index (χ1v) is 6.68. The molecule has 21 heavy (non-hydrogen) atoms. The van der Waals surface area contributed by atoms with Crippen molar-refractivity contribution in [2.24, 2.45) is 0 Å². The summed E-state index contributed by atoms with van der Waals surface area (Å²) in [6.45, 7) is 0. The van der Waals surface area contributed by atoms with Gasteiger partial charge in [-0.05, 0) is 60.7 Å². The van der Waals surface area contributed by atoms with Crippen molar-refractivity contribution in [2.45, 2.75) is 0 Å². The molecule has 0 fully saturated rings. The smallest absolute Gasteiger partial charge is 0.147 e. The maximum absolute atomic E-state index is 13.6. The van der Waals surface area contributed by atoms with Gasteiger partial charge in [0, 0.05) is 12.1 Å². The van der Waals surface area contributed by atoms with E-state index in [1.54, 1.807) is 12.1 Å². The van der Waals surface area contributed by atoms with E-state index in [1.807, 2.05) is 42.5 Å². The zero-order valence-corrected chi connectivity index (χ0v) is 11.3. The molecule has 0 unspecified atom stereocenters. The highest BCUT2D eigenvalue weighted by Gasteiger charge is 2.23. The van der Waals surface area contributed by atoms with Crippen molar-refractivity contribution >= 4 is 0 Å². The standard InChI is InChI=1S/C19H13F2/c20-17-10-4-8-15(12-17)19(14-6-2-1-3-7-14)16-9-5-11-18(21)13-16/h1-13H/q+1. The summed E-state index contributed by atoms with van der Waals surface area (Å²) in [4.78, 5) is 0. The van der Waals surface area contributed by atoms with Crippen LogP contribution in [0.15, 0.2) is 78.9 Å². The minimum Gasteiger partial charge on any atom is -0.200 e. The van der Waals surface area contributed by atoms with E-state index in [1.165, 1.54) is 24.3 Å². The highest BCUT2D eigenvalue weighted by molar-refractivity contribution is 5.57. The van der Waals surface area contributed by atoms with Crippen molar-refractivity contribution < 1.29 is 8.78 Å². The molecular weight excluding hydrogens is 266 g/mol. The lowest BCUT2D eigenvalue weighted by Gasteiger charge is -2.13. The monoisotopic (exact) mass is 279 g/mol. The number of benzene rings is 3. The fraction of sp³-hybridized carbons (Fsp3) is 0. The van der Waals surface area contributed by atoms with Crippen molar-refractivity contribution in [1.29, 1.82) is 0 Å². The van der Waals surface area contributed by atoms with E-state index in [2.05, 4.69) is 0 Å². The lowest BCUT2D eigenvalue weighted by molar-refractivity contribution is 0.625. The first kappa shape index (κ1) is 13.4. The third-order valence-electron chi connectivity index (χ3n) is 3.29. The molecule has 102 valence electrons. The normalized spacial score (nSPS) is 10.4. The van der Waals surface area contributed by atoms with E-state index in [0.29, 0.717) is 0 Å². The molecule has 0 saturated carbocycles. The average Bonchev–Trinajstić information content (AvgIpc) is 2.49. The van der Waals surface area contributed by atoms with Crippen LogP contribution in [0.25, 0.3) is 0 Å². The van der Waals surface area contributed by atoms with Gasteiger partial charge in [-0.25, -0.2) is 8.78 Å². The van der Waals surface area contributed by atoms with Crippen LogP contribution in [0.4, 0.5) is 8.78 Å². The molecular formula is C19H13F2+. The minimum atomic E-state index is -0.308. The Morgan fingerprint density at radius 3 is 1.48 bits per heavy atom. The zero-order chi connectivity index (χ0) is 14.7. The molecule has 0 heterocycles. The summed E-state index contributed by atoms with van der Waals surface area (Å²) < 4.78 is 27.1. The third kappa shape index (κ3) is 2.95. The molecule has 0 atom stereocenters. The van der Waals surface area contributed by atoms with Crippen LogP contribution in [-0.4, -0.2) is 0 Å². The summed E-state index contributed by atoms with van der Waals surface area (Å²) in [5.74, 6) is 0.198. The Kier molecular flexibility index (Phi) is 3.69. The van der Waals surface area contributed by atoms with Gasteiger partial charge < -0.3 is 0 Å². The Morgan fingerprint density at radius 2 is 1.00 bits per heavy atom. The van der Waals surface area contributed by atoms with E-state index in [-0.39, 0.29) is 11.6 Å². The zero-order valence-electron chi connectivity index (χ0n) is 11.3. The molecule has 0 N–H and O–H groups in total. The Morgan fingerprint density at radius 1 is 0.524 bits per heavy atom. The maximum atomic E-state index is 13.6. The van der Waals surface area contributed by atoms with E-state index in [4.69, 9.17) is 0 Å². The predicted molar refractivity (Wildman–Crippen MR) is 79.8 cm³/mol. The number of halogens is 2. The van der Waals surface area contributed by atoms with Crippen LogP contribution < -0.4 is 0 Å². The molecule has 3 aromatic carbocycles. The van der Waals surface area contributed by atoms with E-state index < -0.39 is 0 Å². The van der Waals surface area contributed by atoms with Gasteiger partial charge in [-0.1, -0.05) is 6.07 Å². The molecule has 3 aromatic rings. The Bertz CT molecular complexity index is 690. The van der Waals surface area contributed by atoms with Gasteiger partial charge in [0.2, 0.25) is 0 Å². The number of rotatable bonds is 3. The SMILES string of the molecule is Fc1cccc([C+](c2ccccc2)c2cccc(F)c2)c1. The maximum Gasteiger partial charge on any atom is 0.147 e. The van der Waals surface area contributed by atoms with Crippen molar-refractivity contribution in [3.05, 3.63) is 113 Å². The summed E-state index contributed by atoms with van der Waals surface area (Å²) >= 11 is 0. The minimum absolute atomic E-state index is 0.308. The van der Waals surface area contributed by atoms with E-state index in [0.717, 1.165) is 22.6 Å². The Hall–Kier alpha value is -2.61. The van der Waals surface area contributed by atoms with Gasteiger partial charge >= 0.3 is 0 Å². The molecule has 0 aliphatic carbocycles. The molecule has 0 spiro atoms. The fourth-order valence-electron chi connectivity index (χ4n) is 2.39. The van der Waals surface area contributed by atoms with Crippen molar-refractivity contribution in [3.63, 3.8) is 0 Å². The molecule has 0 nitrogen and oxygen atoms in total. The quantitative estimate of drug-likeness (QED) is 0.468. The largest absolute Gasteiger partial charge is 0.200 e. The van der Waals surface area contributed by atoms with Crippen LogP contribution in [0.3, 0.4) is 0 Å². The molecule has 0 aromatic heterocycles. The van der Waals surface area contributed by atoms with Gasteiger partial charge in [0.15, 0.2) is 0 Å². The summed E-state index contributed by atoms with van der Waals surface area (Å²) in [5, 5.41) is 0. The summed E-state index contributed by atoms with van der Waals surface area (Å²) in [7, 11) is 0. The second kappa shape index (κ2) is 5.80. The molecule has 0 saturated heterocycles. The second-order valence-corrected chi connectivity index (χ2v) is 4.76. The topological polar surface area (TPSA) is 0 Å². The van der Waals surface area contributed by atoms with Crippen LogP contribution in [-0.2, 0) is 0 Å². The molecule has 0 aliphatic heterocycles. The van der Waals surface area contributed by atoms with Gasteiger partial charge in [-0.3, -0.25) is 0 Å². The van der Waals surface area contributed by atoms with Crippen molar-refractivity contribution in [3.8, 4) is 0 Å². The first-order valence-electron chi connectivity index (χ1n) is 6.68. The fourth-order valence-corrected chi connectivity index (χ4v) is 2.39. The molecule has 0 radical (unpaired) electrons. The molecule has 0 amide bonds. The molecule has 0 bridgehead atoms. The van der Waals surface area contributed by atoms with Gasteiger partial charge in [-0.2, -0.15) is 0 Å². The molecule has 2 heteroatoms. The first-order chi connectivity index (χ1) is 10.2. The van der Waals surface area contributed by atoms with Crippen molar-refractivity contribution in [1.82, 2.24) is 0 Å². The second-order valence-electron chi connectivity index (χ2n) is 4.76. The van der Waals surface area contributed by atoms with Crippen LogP contribution in [0.5, 0.6) is 0 Å². The summed E-state index contributed by atoms with van der Waals surface area (Å²) in [6.07, 6.45) is 0. The third-order valence-corrected chi connectivity index (χ3v) is 3.29. The highest BCUT2D eigenvalue weighted by Crippen LogP contribution is 2.31. The van der Waals surface area contributed by atoms with Crippen molar-refractivity contribution in [2.75, 3.05) is 0 Å². The van der Waals surface area contributed by atoms with Crippen LogP contribution in [0.1, 0.15) is 16.7 Å². The van der Waals surface area contributed by atoms with Crippen LogP contribution in [0.2, 0.25) is 0 Å². The number of hydrogen-bond acceptors (Lipinski definition) is 0.